The first-order valence-corrected chi connectivity index (χ1v) is 7.88. The summed E-state index contributed by atoms with van der Waals surface area (Å²) < 4.78 is 14.1. The lowest BCUT2D eigenvalue weighted by Crippen LogP contribution is -2.29. The zero-order valence-corrected chi connectivity index (χ0v) is 12.8. The molecule has 21 heavy (non-hydrogen) atoms. The van der Waals surface area contributed by atoms with Gasteiger partial charge in [-0.25, -0.2) is 4.39 Å². The Hall–Kier alpha value is -1.81. The number of anilines is 1. The maximum absolute atomic E-state index is 14.1. The number of benzene rings is 2. The molecule has 0 radical (unpaired) electrons. The first kappa shape index (κ1) is 14.1. The van der Waals surface area contributed by atoms with Crippen molar-refractivity contribution >= 4 is 23.4 Å². The fourth-order valence-corrected chi connectivity index (χ4v) is 3.86. The van der Waals surface area contributed by atoms with Crippen molar-refractivity contribution in [1.82, 2.24) is 0 Å². The van der Waals surface area contributed by atoms with Crippen LogP contribution in [0.5, 0.6) is 0 Å². The van der Waals surface area contributed by atoms with E-state index in [0.29, 0.717) is 11.3 Å². The van der Waals surface area contributed by atoms with Gasteiger partial charge in [0.05, 0.1) is 5.75 Å². The molecule has 1 amide bonds. The highest BCUT2D eigenvalue weighted by Crippen LogP contribution is 2.43. The number of hydrogen-bond donors (Lipinski definition) is 0. The summed E-state index contributed by atoms with van der Waals surface area (Å²) in [5.41, 5.74) is 3.61. The number of carbonyl (C=O) groups is 1. The van der Waals surface area contributed by atoms with Gasteiger partial charge in [0.1, 0.15) is 11.2 Å². The summed E-state index contributed by atoms with van der Waals surface area (Å²) in [5.74, 6) is 0.145. The molecular weight excluding hydrogens is 285 g/mol. The number of amides is 1. The van der Waals surface area contributed by atoms with E-state index in [1.165, 1.54) is 17.8 Å². The van der Waals surface area contributed by atoms with E-state index in [-0.39, 0.29) is 17.1 Å². The summed E-state index contributed by atoms with van der Waals surface area (Å²) in [5, 5.41) is -0.292. The molecule has 0 bridgehead atoms. The second-order valence-electron chi connectivity index (χ2n) is 5.24. The molecule has 1 aliphatic heterocycles. The number of halogens is 1. The van der Waals surface area contributed by atoms with Gasteiger partial charge in [-0.3, -0.25) is 9.69 Å². The van der Waals surface area contributed by atoms with E-state index in [1.807, 2.05) is 38.1 Å². The van der Waals surface area contributed by atoms with Gasteiger partial charge >= 0.3 is 0 Å². The molecule has 1 fully saturated rings. The highest BCUT2D eigenvalue weighted by Gasteiger charge is 2.36. The van der Waals surface area contributed by atoms with E-state index in [4.69, 9.17) is 0 Å². The van der Waals surface area contributed by atoms with Crippen LogP contribution in [-0.4, -0.2) is 11.7 Å². The zero-order valence-electron chi connectivity index (χ0n) is 12.0. The number of rotatable bonds is 2. The number of carbonyl (C=O) groups excluding carboxylic acids is 1. The summed E-state index contributed by atoms with van der Waals surface area (Å²) in [4.78, 5) is 14.0. The Bertz CT molecular complexity index is 701. The molecule has 0 spiro atoms. The monoisotopic (exact) mass is 301 g/mol. The zero-order chi connectivity index (χ0) is 15.0. The molecule has 0 saturated carbocycles. The van der Waals surface area contributed by atoms with Crippen LogP contribution in [-0.2, 0) is 4.79 Å². The lowest BCUT2D eigenvalue weighted by Gasteiger charge is -2.26. The quantitative estimate of drug-likeness (QED) is 0.827. The average Bonchev–Trinajstić information content (AvgIpc) is 2.81. The van der Waals surface area contributed by atoms with Crippen molar-refractivity contribution in [2.24, 2.45) is 0 Å². The number of aryl methyl sites for hydroxylation is 2. The van der Waals surface area contributed by atoms with Crippen LogP contribution in [0, 0.1) is 19.7 Å². The van der Waals surface area contributed by atoms with Crippen LogP contribution >= 0.6 is 11.8 Å². The van der Waals surface area contributed by atoms with Gasteiger partial charge in [0.15, 0.2) is 0 Å². The van der Waals surface area contributed by atoms with Gasteiger partial charge in [-0.05, 0) is 31.5 Å². The lowest BCUT2D eigenvalue weighted by atomic mass is 10.1. The van der Waals surface area contributed by atoms with Crippen molar-refractivity contribution in [3.05, 3.63) is 65.0 Å². The van der Waals surface area contributed by atoms with Crippen LogP contribution in [0.1, 0.15) is 22.1 Å². The van der Waals surface area contributed by atoms with Gasteiger partial charge in [0.25, 0.3) is 0 Å². The minimum absolute atomic E-state index is 0.0280. The first-order valence-electron chi connectivity index (χ1n) is 6.83. The van der Waals surface area contributed by atoms with Crippen LogP contribution in [0.4, 0.5) is 10.1 Å². The molecule has 1 atom stereocenters. The highest BCUT2D eigenvalue weighted by molar-refractivity contribution is 8.00. The van der Waals surface area contributed by atoms with Crippen LogP contribution in [0.15, 0.2) is 42.5 Å². The summed E-state index contributed by atoms with van der Waals surface area (Å²) in [6.07, 6.45) is 0. The van der Waals surface area contributed by atoms with E-state index in [1.54, 1.807) is 17.0 Å². The van der Waals surface area contributed by atoms with Gasteiger partial charge in [0.2, 0.25) is 5.91 Å². The maximum Gasteiger partial charge on any atom is 0.238 e. The van der Waals surface area contributed by atoms with E-state index in [2.05, 4.69) is 0 Å². The minimum Gasteiger partial charge on any atom is -0.295 e. The van der Waals surface area contributed by atoms with Gasteiger partial charge in [-0.15, -0.1) is 11.8 Å². The summed E-state index contributed by atoms with van der Waals surface area (Å²) >= 11 is 1.47. The van der Waals surface area contributed by atoms with Gasteiger partial charge in [-0.2, -0.15) is 0 Å². The van der Waals surface area contributed by atoms with Crippen molar-refractivity contribution < 1.29 is 9.18 Å². The van der Waals surface area contributed by atoms with E-state index < -0.39 is 0 Å². The standard InChI is InChI=1S/C17H16FNOS/c1-11-7-8-15(12(2)9-11)19-16(20)10-21-17(19)13-5-3-4-6-14(13)18/h3-9,17H,10H2,1-2H3. The number of nitrogens with zero attached hydrogens (tertiary/aromatic N) is 1. The molecule has 2 aromatic rings. The SMILES string of the molecule is Cc1ccc(N2C(=O)CSC2c2ccccc2F)c(C)c1. The molecule has 1 heterocycles. The van der Waals surface area contributed by atoms with Crippen LogP contribution < -0.4 is 4.90 Å². The minimum atomic E-state index is -0.292. The van der Waals surface area contributed by atoms with Crippen molar-refractivity contribution in [3.63, 3.8) is 0 Å². The predicted molar refractivity (Wildman–Crippen MR) is 85.0 cm³/mol. The normalized spacial score (nSPS) is 18.3. The highest BCUT2D eigenvalue weighted by atomic mass is 32.2. The number of hydrogen-bond acceptors (Lipinski definition) is 2. The van der Waals surface area contributed by atoms with Gasteiger partial charge in [-0.1, -0.05) is 35.9 Å². The molecule has 3 rings (SSSR count). The van der Waals surface area contributed by atoms with Crippen molar-refractivity contribution in [2.75, 3.05) is 10.7 Å². The second-order valence-corrected chi connectivity index (χ2v) is 6.31. The third-order valence-corrected chi connectivity index (χ3v) is 4.85. The Kier molecular flexibility index (Phi) is 3.72. The molecule has 1 aliphatic rings. The molecule has 4 heteroatoms. The van der Waals surface area contributed by atoms with E-state index in [0.717, 1.165) is 16.8 Å². The fraction of sp³-hybridized carbons (Fsp3) is 0.235. The molecular formula is C17H16FNOS. The number of thioether (sulfide) groups is 1. The Morgan fingerprint density at radius 3 is 2.67 bits per heavy atom. The average molecular weight is 301 g/mol. The second kappa shape index (κ2) is 5.53. The van der Waals surface area contributed by atoms with Crippen molar-refractivity contribution in [1.29, 1.82) is 0 Å². The molecule has 0 N–H and O–H groups in total. The Morgan fingerprint density at radius 1 is 1.19 bits per heavy atom. The first-order chi connectivity index (χ1) is 10.1. The summed E-state index contributed by atoms with van der Waals surface area (Å²) in [6.45, 7) is 4.00. The van der Waals surface area contributed by atoms with E-state index >= 15 is 0 Å². The van der Waals surface area contributed by atoms with Crippen LogP contribution in [0.2, 0.25) is 0 Å². The third kappa shape index (κ3) is 2.56. The molecule has 0 aliphatic carbocycles. The Labute approximate surface area is 128 Å². The molecule has 2 aromatic carbocycles. The largest absolute Gasteiger partial charge is 0.295 e. The van der Waals surface area contributed by atoms with Crippen LogP contribution in [0.25, 0.3) is 0 Å². The smallest absolute Gasteiger partial charge is 0.238 e. The third-order valence-electron chi connectivity index (χ3n) is 3.65. The summed E-state index contributed by atoms with van der Waals surface area (Å²) in [6, 6.07) is 12.6. The molecule has 1 unspecified atom stereocenters. The van der Waals surface area contributed by atoms with Crippen molar-refractivity contribution in [3.8, 4) is 0 Å². The molecule has 1 saturated heterocycles. The fourth-order valence-electron chi connectivity index (χ4n) is 2.67. The lowest BCUT2D eigenvalue weighted by molar-refractivity contribution is -0.115. The van der Waals surface area contributed by atoms with Crippen LogP contribution in [0.3, 0.4) is 0 Å². The maximum atomic E-state index is 14.1. The summed E-state index contributed by atoms with van der Waals surface area (Å²) in [7, 11) is 0. The van der Waals surface area contributed by atoms with Crippen molar-refractivity contribution in [2.45, 2.75) is 19.2 Å². The van der Waals surface area contributed by atoms with Gasteiger partial charge in [0, 0.05) is 11.3 Å². The van der Waals surface area contributed by atoms with Gasteiger partial charge < -0.3 is 0 Å². The topological polar surface area (TPSA) is 20.3 Å². The molecule has 0 aromatic heterocycles. The Balaban J connectivity index is 2.06. The Morgan fingerprint density at radius 2 is 1.95 bits per heavy atom. The predicted octanol–water partition coefficient (Wildman–Crippen LogP) is 4.22. The van der Waals surface area contributed by atoms with E-state index in [9.17, 15) is 9.18 Å². The molecule has 2 nitrogen and oxygen atoms in total. The molecule has 108 valence electrons.